The maximum absolute atomic E-state index is 13.6. The van der Waals surface area contributed by atoms with E-state index in [1.54, 1.807) is 23.9 Å². The second kappa shape index (κ2) is 16.1. The molecule has 4 rings (SSSR count). The van der Waals surface area contributed by atoms with Gasteiger partial charge in [0, 0.05) is 38.7 Å². The van der Waals surface area contributed by atoms with E-state index >= 15 is 0 Å². The molecule has 0 unspecified atom stereocenters. The van der Waals surface area contributed by atoms with Crippen molar-refractivity contribution >= 4 is 12.2 Å². The van der Waals surface area contributed by atoms with Crippen LogP contribution < -0.4 is 9.47 Å². The van der Waals surface area contributed by atoms with Crippen LogP contribution in [0.25, 0.3) is 0 Å². The molecule has 1 aliphatic carbocycles. The van der Waals surface area contributed by atoms with Crippen LogP contribution >= 0.6 is 0 Å². The van der Waals surface area contributed by atoms with E-state index in [1.807, 2.05) is 79.7 Å². The Kier molecular flexibility index (Phi) is 12.0. The van der Waals surface area contributed by atoms with E-state index in [0.29, 0.717) is 30.2 Å². The van der Waals surface area contributed by atoms with E-state index < -0.39 is 12.2 Å². The molecule has 0 radical (unpaired) electrons. The minimum Gasteiger partial charge on any atom is -0.410 e. The summed E-state index contributed by atoms with van der Waals surface area (Å²) in [6, 6.07) is 23.6. The Balaban J connectivity index is 1.76. The van der Waals surface area contributed by atoms with E-state index in [9.17, 15) is 9.59 Å². The van der Waals surface area contributed by atoms with Crippen molar-refractivity contribution in [3.8, 4) is 11.5 Å². The molecule has 3 aromatic carbocycles. The molecule has 1 aliphatic rings. The van der Waals surface area contributed by atoms with Gasteiger partial charge in [-0.3, -0.25) is 0 Å². The van der Waals surface area contributed by atoms with E-state index in [-0.39, 0.29) is 11.8 Å². The average Bonchev–Trinajstić information content (AvgIpc) is 3.02. The number of unbranched alkanes of at least 4 members (excludes halogenated alkanes) is 2. The molecule has 0 bridgehead atoms. The van der Waals surface area contributed by atoms with Crippen LogP contribution in [0.1, 0.15) is 81.0 Å². The minimum absolute atomic E-state index is 0.110. The van der Waals surface area contributed by atoms with Crippen molar-refractivity contribution in [3.63, 3.8) is 0 Å². The molecule has 3 aromatic rings. The second-order valence-electron chi connectivity index (χ2n) is 12.4. The second-order valence-corrected chi connectivity index (χ2v) is 12.4. The first-order valence-electron chi connectivity index (χ1n) is 16.1. The van der Waals surface area contributed by atoms with Gasteiger partial charge in [0.25, 0.3) is 0 Å². The summed E-state index contributed by atoms with van der Waals surface area (Å²) >= 11 is 0. The van der Waals surface area contributed by atoms with Crippen molar-refractivity contribution in [2.45, 2.75) is 78.3 Å². The Morgan fingerprint density at radius 1 is 0.822 bits per heavy atom. The molecule has 0 aliphatic heterocycles. The molecule has 0 saturated heterocycles. The van der Waals surface area contributed by atoms with Gasteiger partial charge in [-0.05, 0) is 74.3 Å². The summed E-state index contributed by atoms with van der Waals surface area (Å²) in [5.74, 6) is 0.818. The first-order valence-corrected chi connectivity index (χ1v) is 16.1. The number of nitrogens with zero attached hydrogens (tertiary/aromatic N) is 2. The molecule has 0 fully saturated rings. The SMILES string of the molecule is C=C(C)[C@@H]1CCC(C)=C[C@H]1c1c(OC(=O)N(C)Cc2ccccc2)cc(CCCCC)cc1OC(=O)N(C)Cc1ccccc1. The van der Waals surface area contributed by atoms with Crippen LogP contribution in [0, 0.1) is 5.92 Å². The van der Waals surface area contributed by atoms with E-state index in [1.165, 1.54) is 5.57 Å². The number of aryl methyl sites for hydroxylation is 1. The lowest BCUT2D eigenvalue weighted by Gasteiger charge is -2.33. The van der Waals surface area contributed by atoms with E-state index in [2.05, 4.69) is 26.5 Å². The van der Waals surface area contributed by atoms with Gasteiger partial charge in [-0.25, -0.2) is 9.59 Å². The molecule has 2 atom stereocenters. The lowest BCUT2D eigenvalue weighted by Crippen LogP contribution is -2.31. The Bertz CT molecular complexity index is 1400. The smallest absolute Gasteiger partial charge is 0.410 e. The fourth-order valence-corrected chi connectivity index (χ4v) is 5.97. The van der Waals surface area contributed by atoms with Crippen molar-refractivity contribution < 1.29 is 19.1 Å². The monoisotopic (exact) mass is 608 g/mol. The lowest BCUT2D eigenvalue weighted by molar-refractivity contribution is 0.157. The third-order valence-corrected chi connectivity index (χ3v) is 8.49. The number of ether oxygens (including phenoxy) is 2. The fraction of sp³-hybridized carbons (Fsp3) is 0.385. The third kappa shape index (κ3) is 9.34. The number of rotatable bonds is 12. The molecule has 45 heavy (non-hydrogen) atoms. The highest BCUT2D eigenvalue weighted by Crippen LogP contribution is 2.47. The lowest BCUT2D eigenvalue weighted by atomic mass is 9.73. The van der Waals surface area contributed by atoms with Gasteiger partial charge in [0.2, 0.25) is 0 Å². The van der Waals surface area contributed by atoms with Gasteiger partial charge in [0.1, 0.15) is 11.5 Å². The van der Waals surface area contributed by atoms with Gasteiger partial charge in [-0.15, -0.1) is 0 Å². The fourth-order valence-electron chi connectivity index (χ4n) is 5.97. The highest BCUT2D eigenvalue weighted by molar-refractivity contribution is 5.74. The zero-order valence-electron chi connectivity index (χ0n) is 27.6. The maximum atomic E-state index is 13.6. The van der Waals surface area contributed by atoms with Gasteiger partial charge in [-0.2, -0.15) is 0 Å². The number of hydrogen-bond acceptors (Lipinski definition) is 4. The number of carbonyl (C=O) groups is 2. The topological polar surface area (TPSA) is 59.1 Å². The van der Waals surface area contributed by atoms with Gasteiger partial charge < -0.3 is 19.3 Å². The van der Waals surface area contributed by atoms with Crippen LogP contribution in [0.4, 0.5) is 9.59 Å². The van der Waals surface area contributed by atoms with Crippen LogP contribution in [0.2, 0.25) is 0 Å². The summed E-state index contributed by atoms with van der Waals surface area (Å²) in [6.45, 7) is 11.5. The predicted octanol–water partition coefficient (Wildman–Crippen LogP) is 9.70. The number of hydrogen-bond donors (Lipinski definition) is 0. The zero-order chi connectivity index (χ0) is 32.3. The number of amides is 2. The van der Waals surface area contributed by atoms with Crippen molar-refractivity contribution in [2.75, 3.05) is 14.1 Å². The predicted molar refractivity (Wildman–Crippen MR) is 182 cm³/mol. The summed E-state index contributed by atoms with van der Waals surface area (Å²) in [4.78, 5) is 30.3. The zero-order valence-corrected chi connectivity index (χ0v) is 27.6. The van der Waals surface area contributed by atoms with Crippen molar-refractivity contribution in [1.82, 2.24) is 9.80 Å². The molecule has 0 spiro atoms. The van der Waals surface area contributed by atoms with Gasteiger partial charge in [-0.1, -0.05) is 104 Å². The molecule has 0 N–H and O–H groups in total. The average molecular weight is 609 g/mol. The van der Waals surface area contributed by atoms with Gasteiger partial charge in [0.05, 0.1) is 0 Å². The molecular formula is C39H48N2O4. The van der Waals surface area contributed by atoms with Crippen molar-refractivity contribution in [2.24, 2.45) is 5.92 Å². The van der Waals surface area contributed by atoms with E-state index in [4.69, 9.17) is 9.47 Å². The Labute approximate surface area is 269 Å². The standard InChI is InChI=1S/C39H48N2O4/c1-7-8-11-20-32-24-35(44-38(42)40(5)26-30-16-12-9-13-17-30)37(34-23-29(4)21-22-33(34)28(2)3)36(25-32)45-39(43)41(6)27-31-18-14-10-15-19-31/h9-10,12-19,23-25,33-34H,2,7-8,11,20-22,26-27H2,1,3-6H3/t33-,34+/m0/s1. The Hall–Kier alpha value is -4.32. The highest BCUT2D eigenvalue weighted by Gasteiger charge is 2.33. The molecule has 238 valence electrons. The molecule has 6 heteroatoms. The molecule has 0 saturated carbocycles. The first-order chi connectivity index (χ1) is 21.7. The first kappa shape index (κ1) is 33.6. The summed E-state index contributed by atoms with van der Waals surface area (Å²) in [7, 11) is 3.47. The van der Waals surface area contributed by atoms with Crippen LogP contribution in [0.5, 0.6) is 11.5 Å². The molecule has 0 heterocycles. The van der Waals surface area contributed by atoms with Crippen LogP contribution in [-0.4, -0.2) is 36.1 Å². The molecule has 0 aromatic heterocycles. The highest BCUT2D eigenvalue weighted by atomic mass is 16.6. The number of allylic oxidation sites excluding steroid dienone is 3. The summed E-state index contributed by atoms with van der Waals surface area (Å²) in [5.41, 5.74) is 6.00. The molecular weight excluding hydrogens is 560 g/mol. The number of carbonyl (C=O) groups excluding carboxylic acids is 2. The summed E-state index contributed by atoms with van der Waals surface area (Å²) in [5, 5.41) is 0. The summed E-state index contributed by atoms with van der Waals surface area (Å²) in [6.07, 6.45) is 7.11. The van der Waals surface area contributed by atoms with Crippen LogP contribution in [0.15, 0.2) is 96.6 Å². The Morgan fingerprint density at radius 3 is 1.80 bits per heavy atom. The van der Waals surface area contributed by atoms with Crippen LogP contribution in [0.3, 0.4) is 0 Å². The van der Waals surface area contributed by atoms with E-state index in [0.717, 1.165) is 60.8 Å². The summed E-state index contributed by atoms with van der Waals surface area (Å²) < 4.78 is 12.5. The van der Waals surface area contributed by atoms with Crippen LogP contribution in [-0.2, 0) is 19.5 Å². The maximum Gasteiger partial charge on any atom is 0.415 e. The Morgan fingerprint density at radius 2 is 1.33 bits per heavy atom. The quantitative estimate of drug-likeness (QED) is 0.152. The molecule has 6 nitrogen and oxygen atoms in total. The van der Waals surface area contributed by atoms with Crippen molar-refractivity contribution in [3.05, 3.63) is 119 Å². The van der Waals surface area contributed by atoms with Gasteiger partial charge in [0.15, 0.2) is 0 Å². The largest absolute Gasteiger partial charge is 0.415 e. The minimum atomic E-state index is -0.465. The van der Waals surface area contributed by atoms with Crippen molar-refractivity contribution in [1.29, 1.82) is 0 Å². The number of benzene rings is 3. The third-order valence-electron chi connectivity index (χ3n) is 8.49. The van der Waals surface area contributed by atoms with Gasteiger partial charge >= 0.3 is 12.2 Å². The normalized spacial score (nSPS) is 16.0. The molecule has 2 amide bonds.